The van der Waals surface area contributed by atoms with Gasteiger partial charge in [0.2, 0.25) is 5.91 Å². The number of imidazole rings is 1. The van der Waals surface area contributed by atoms with Crippen molar-refractivity contribution in [1.29, 1.82) is 0 Å². The Morgan fingerprint density at radius 2 is 1.91 bits per heavy atom. The second-order valence-corrected chi connectivity index (χ2v) is 9.55. The van der Waals surface area contributed by atoms with Gasteiger partial charge < -0.3 is 19.9 Å². The maximum Gasteiger partial charge on any atom is 0.229 e. The standard InChI is InChI=1S/C25H29N7O2/c1-25(2,3)19-15-20(31-30-19)28-21(33)14-16-4-6-17(7-5-16)23-27-18-8-9-26-24(22(18)29-23)32-10-12-34-13-11-32/h4-9,15H,10-14H2,1-3H3,(H,27,29)(H2,28,30,31,33). The lowest BCUT2D eigenvalue weighted by Crippen LogP contribution is -2.36. The van der Waals surface area contributed by atoms with Crippen molar-refractivity contribution in [1.82, 2.24) is 25.1 Å². The Balaban J connectivity index is 1.28. The third kappa shape index (κ3) is 4.65. The van der Waals surface area contributed by atoms with Crippen LogP contribution in [0.15, 0.2) is 42.6 Å². The molecule has 4 aromatic rings. The number of nitrogens with zero attached hydrogens (tertiary/aromatic N) is 4. The predicted octanol–water partition coefficient (Wildman–Crippen LogP) is 3.66. The summed E-state index contributed by atoms with van der Waals surface area (Å²) in [4.78, 5) is 27.5. The summed E-state index contributed by atoms with van der Waals surface area (Å²) in [5.74, 6) is 2.09. The summed E-state index contributed by atoms with van der Waals surface area (Å²) in [7, 11) is 0. The minimum absolute atomic E-state index is 0.0541. The van der Waals surface area contributed by atoms with Gasteiger partial charge in [0.25, 0.3) is 0 Å². The first kappa shape index (κ1) is 22.1. The van der Waals surface area contributed by atoms with E-state index in [1.165, 1.54) is 0 Å². The minimum Gasteiger partial charge on any atom is -0.378 e. The number of aromatic amines is 2. The minimum atomic E-state index is -0.107. The average Bonchev–Trinajstić information content (AvgIpc) is 3.47. The first-order valence-electron chi connectivity index (χ1n) is 11.5. The summed E-state index contributed by atoms with van der Waals surface area (Å²) in [6.07, 6.45) is 2.07. The Morgan fingerprint density at radius 1 is 1.15 bits per heavy atom. The average molecular weight is 460 g/mol. The van der Waals surface area contributed by atoms with E-state index in [2.05, 4.69) is 51.2 Å². The van der Waals surface area contributed by atoms with Gasteiger partial charge in [-0.3, -0.25) is 9.89 Å². The normalized spacial score (nSPS) is 14.5. The lowest BCUT2D eigenvalue weighted by molar-refractivity contribution is -0.115. The highest BCUT2D eigenvalue weighted by Crippen LogP contribution is 2.27. The highest BCUT2D eigenvalue weighted by molar-refractivity contribution is 5.91. The van der Waals surface area contributed by atoms with Gasteiger partial charge in [-0.2, -0.15) is 5.10 Å². The number of aromatic nitrogens is 5. The Morgan fingerprint density at radius 3 is 2.62 bits per heavy atom. The number of anilines is 2. The van der Waals surface area contributed by atoms with Crippen LogP contribution >= 0.6 is 0 Å². The Kier molecular flexibility index (Phi) is 5.79. The van der Waals surface area contributed by atoms with Gasteiger partial charge in [-0.25, -0.2) is 9.97 Å². The first-order chi connectivity index (χ1) is 16.4. The molecule has 1 aromatic carbocycles. The van der Waals surface area contributed by atoms with E-state index >= 15 is 0 Å². The number of ether oxygens (including phenoxy) is 1. The largest absolute Gasteiger partial charge is 0.378 e. The van der Waals surface area contributed by atoms with Gasteiger partial charge in [-0.15, -0.1) is 0 Å². The second-order valence-electron chi connectivity index (χ2n) is 9.55. The highest BCUT2D eigenvalue weighted by atomic mass is 16.5. The molecule has 176 valence electrons. The Labute approximate surface area is 198 Å². The maximum atomic E-state index is 12.5. The molecule has 1 saturated heterocycles. The van der Waals surface area contributed by atoms with Crippen molar-refractivity contribution in [2.45, 2.75) is 32.6 Å². The van der Waals surface area contributed by atoms with Crippen LogP contribution in [0.5, 0.6) is 0 Å². The van der Waals surface area contributed by atoms with Gasteiger partial charge in [0, 0.05) is 42.0 Å². The SMILES string of the molecule is CC(C)(C)c1cc(NC(=O)Cc2ccc(-c3nc4c(N5CCOCC5)nccc4[nH]3)cc2)n[nH]1. The molecule has 34 heavy (non-hydrogen) atoms. The fraction of sp³-hybridized carbons (Fsp3) is 0.360. The quantitative estimate of drug-likeness (QED) is 0.420. The van der Waals surface area contributed by atoms with Crippen molar-refractivity contribution in [2.24, 2.45) is 0 Å². The molecule has 0 radical (unpaired) electrons. The van der Waals surface area contributed by atoms with Crippen LogP contribution in [-0.2, 0) is 21.4 Å². The zero-order chi connectivity index (χ0) is 23.7. The molecule has 1 aliphatic heterocycles. The summed E-state index contributed by atoms with van der Waals surface area (Å²) in [6, 6.07) is 11.7. The molecular formula is C25H29N7O2. The van der Waals surface area contributed by atoms with E-state index in [0.717, 1.165) is 52.6 Å². The molecule has 9 nitrogen and oxygen atoms in total. The summed E-state index contributed by atoms with van der Waals surface area (Å²) >= 11 is 0. The van der Waals surface area contributed by atoms with Crippen molar-refractivity contribution in [3.63, 3.8) is 0 Å². The Hall–Kier alpha value is -3.72. The third-order valence-corrected chi connectivity index (χ3v) is 5.94. The number of amides is 1. The lowest BCUT2D eigenvalue weighted by atomic mass is 9.92. The van der Waals surface area contributed by atoms with E-state index in [0.29, 0.717) is 19.0 Å². The maximum absolute atomic E-state index is 12.5. The van der Waals surface area contributed by atoms with E-state index in [4.69, 9.17) is 9.72 Å². The van der Waals surface area contributed by atoms with Crippen molar-refractivity contribution in [3.05, 3.63) is 53.9 Å². The highest BCUT2D eigenvalue weighted by Gasteiger charge is 2.19. The van der Waals surface area contributed by atoms with E-state index in [9.17, 15) is 4.79 Å². The molecule has 5 rings (SSSR count). The number of carbonyl (C=O) groups excluding carboxylic acids is 1. The number of H-pyrrole nitrogens is 2. The molecule has 3 N–H and O–H groups in total. The van der Waals surface area contributed by atoms with Crippen molar-refractivity contribution in [3.8, 4) is 11.4 Å². The lowest BCUT2D eigenvalue weighted by Gasteiger charge is -2.27. The molecular weight excluding hydrogens is 430 g/mol. The van der Waals surface area contributed by atoms with Crippen LogP contribution in [0.25, 0.3) is 22.4 Å². The smallest absolute Gasteiger partial charge is 0.229 e. The second kappa shape index (κ2) is 8.90. The van der Waals surface area contributed by atoms with Gasteiger partial charge >= 0.3 is 0 Å². The molecule has 0 atom stereocenters. The number of rotatable bonds is 5. The van der Waals surface area contributed by atoms with Crippen LogP contribution in [-0.4, -0.2) is 57.4 Å². The summed E-state index contributed by atoms with van der Waals surface area (Å²) in [5.41, 5.74) is 4.60. The van der Waals surface area contributed by atoms with E-state index in [1.807, 2.05) is 36.4 Å². The van der Waals surface area contributed by atoms with Gasteiger partial charge in [0.1, 0.15) is 11.3 Å². The molecule has 0 unspecified atom stereocenters. The van der Waals surface area contributed by atoms with Crippen LogP contribution in [0.2, 0.25) is 0 Å². The van der Waals surface area contributed by atoms with E-state index < -0.39 is 0 Å². The van der Waals surface area contributed by atoms with Gasteiger partial charge in [-0.1, -0.05) is 45.0 Å². The topological polar surface area (TPSA) is 112 Å². The van der Waals surface area contributed by atoms with Crippen LogP contribution in [0.1, 0.15) is 32.0 Å². The van der Waals surface area contributed by atoms with Crippen molar-refractivity contribution in [2.75, 3.05) is 36.5 Å². The third-order valence-electron chi connectivity index (χ3n) is 5.94. The molecule has 1 fully saturated rings. The van der Waals surface area contributed by atoms with Gasteiger partial charge in [-0.05, 0) is 11.6 Å². The van der Waals surface area contributed by atoms with Crippen LogP contribution < -0.4 is 10.2 Å². The van der Waals surface area contributed by atoms with Crippen LogP contribution in [0, 0.1) is 0 Å². The van der Waals surface area contributed by atoms with Crippen molar-refractivity contribution >= 4 is 28.6 Å². The van der Waals surface area contributed by atoms with E-state index in [1.54, 1.807) is 6.20 Å². The Bertz CT molecular complexity index is 1300. The molecule has 0 aliphatic carbocycles. The number of pyridine rings is 1. The number of carbonyl (C=O) groups is 1. The zero-order valence-corrected chi connectivity index (χ0v) is 19.7. The van der Waals surface area contributed by atoms with E-state index in [-0.39, 0.29) is 17.7 Å². The molecule has 0 saturated carbocycles. The summed E-state index contributed by atoms with van der Waals surface area (Å²) in [6.45, 7) is 9.28. The molecule has 1 aliphatic rings. The van der Waals surface area contributed by atoms with Gasteiger partial charge in [0.15, 0.2) is 11.6 Å². The summed E-state index contributed by atoms with van der Waals surface area (Å²) in [5, 5.41) is 10.0. The van der Waals surface area contributed by atoms with Crippen LogP contribution in [0.4, 0.5) is 11.6 Å². The summed E-state index contributed by atoms with van der Waals surface area (Å²) < 4.78 is 5.46. The number of benzene rings is 1. The number of hydrogen-bond donors (Lipinski definition) is 3. The van der Waals surface area contributed by atoms with Crippen molar-refractivity contribution < 1.29 is 9.53 Å². The zero-order valence-electron chi connectivity index (χ0n) is 19.7. The molecule has 0 bridgehead atoms. The van der Waals surface area contributed by atoms with Gasteiger partial charge in [0.05, 0.1) is 25.2 Å². The molecule has 1 amide bonds. The van der Waals surface area contributed by atoms with Crippen LogP contribution in [0.3, 0.4) is 0 Å². The monoisotopic (exact) mass is 459 g/mol. The fourth-order valence-electron chi connectivity index (χ4n) is 3.99. The molecule has 9 heteroatoms. The number of hydrogen-bond acceptors (Lipinski definition) is 6. The molecule has 4 heterocycles. The number of morpholine rings is 1. The first-order valence-corrected chi connectivity index (χ1v) is 11.5. The molecule has 3 aromatic heterocycles. The number of fused-ring (bicyclic) bond motifs is 1. The molecule has 0 spiro atoms. The number of nitrogens with one attached hydrogen (secondary N) is 3. The predicted molar refractivity (Wildman–Crippen MR) is 132 cm³/mol. The fourth-order valence-corrected chi connectivity index (χ4v) is 3.99.